The summed E-state index contributed by atoms with van der Waals surface area (Å²) in [5, 5.41) is 0. The third-order valence-corrected chi connectivity index (χ3v) is 5.63. The first-order valence-electron chi connectivity index (χ1n) is 6.58. The highest BCUT2D eigenvalue weighted by Gasteiger charge is 2.27. The lowest BCUT2D eigenvalue weighted by Gasteiger charge is -2.30. The first kappa shape index (κ1) is 15.5. The van der Waals surface area contributed by atoms with E-state index in [1.807, 2.05) is 6.07 Å². The molecule has 0 bridgehead atoms. The highest BCUT2D eigenvalue weighted by molar-refractivity contribution is 9.13. The van der Waals surface area contributed by atoms with Crippen molar-refractivity contribution >= 4 is 31.9 Å². The van der Waals surface area contributed by atoms with Gasteiger partial charge in [0, 0.05) is 19.1 Å². The standard InChI is InChI=1S/C13H21Br2N3O/c1-17-5-3-4-9(17)8-18(2)11(7-16)12-6-10(14)13(15)19-12/h6,9,11H,3-5,7-8,16H2,1-2H3. The van der Waals surface area contributed by atoms with E-state index < -0.39 is 0 Å². The van der Waals surface area contributed by atoms with Gasteiger partial charge in [0.15, 0.2) is 4.67 Å². The minimum absolute atomic E-state index is 0.122. The molecule has 0 radical (unpaired) electrons. The third kappa shape index (κ3) is 3.61. The zero-order valence-corrected chi connectivity index (χ0v) is 14.6. The van der Waals surface area contributed by atoms with Gasteiger partial charge in [0.05, 0.1) is 10.5 Å². The van der Waals surface area contributed by atoms with Crippen molar-refractivity contribution in [1.29, 1.82) is 0 Å². The van der Waals surface area contributed by atoms with Gasteiger partial charge in [-0.3, -0.25) is 4.90 Å². The van der Waals surface area contributed by atoms with E-state index >= 15 is 0 Å². The molecule has 1 aromatic heterocycles. The van der Waals surface area contributed by atoms with Crippen LogP contribution < -0.4 is 5.73 Å². The van der Waals surface area contributed by atoms with Crippen molar-refractivity contribution in [3.8, 4) is 0 Å². The van der Waals surface area contributed by atoms with Gasteiger partial charge in [0.25, 0.3) is 0 Å². The topological polar surface area (TPSA) is 45.6 Å². The second-order valence-electron chi connectivity index (χ2n) is 5.24. The van der Waals surface area contributed by atoms with Crippen molar-refractivity contribution in [3.05, 3.63) is 21.0 Å². The maximum Gasteiger partial charge on any atom is 0.183 e. The number of hydrogen-bond donors (Lipinski definition) is 1. The van der Waals surface area contributed by atoms with Crippen LogP contribution in [0.25, 0.3) is 0 Å². The summed E-state index contributed by atoms with van der Waals surface area (Å²) >= 11 is 6.83. The molecule has 2 atom stereocenters. The summed E-state index contributed by atoms with van der Waals surface area (Å²) < 4.78 is 7.38. The number of likely N-dealkylation sites (tertiary alicyclic amines) is 1. The van der Waals surface area contributed by atoms with Gasteiger partial charge in [-0.1, -0.05) is 0 Å². The van der Waals surface area contributed by atoms with Gasteiger partial charge in [-0.25, -0.2) is 0 Å². The molecule has 2 unspecified atom stereocenters. The Balaban J connectivity index is 2.04. The quantitative estimate of drug-likeness (QED) is 0.833. The van der Waals surface area contributed by atoms with E-state index in [0.717, 1.165) is 21.4 Å². The van der Waals surface area contributed by atoms with Crippen molar-refractivity contribution in [2.24, 2.45) is 5.73 Å². The van der Waals surface area contributed by atoms with Gasteiger partial charge in [0.2, 0.25) is 0 Å². The maximum atomic E-state index is 5.93. The Morgan fingerprint density at radius 3 is 2.79 bits per heavy atom. The van der Waals surface area contributed by atoms with Crippen molar-refractivity contribution in [3.63, 3.8) is 0 Å². The molecule has 0 saturated carbocycles. The van der Waals surface area contributed by atoms with E-state index in [1.54, 1.807) is 0 Å². The molecule has 0 aliphatic carbocycles. The van der Waals surface area contributed by atoms with E-state index in [4.69, 9.17) is 10.2 Å². The average molecular weight is 395 g/mol. The van der Waals surface area contributed by atoms with Crippen LogP contribution in [0.1, 0.15) is 24.6 Å². The lowest BCUT2D eigenvalue weighted by Crippen LogP contribution is -2.40. The second kappa shape index (κ2) is 6.72. The van der Waals surface area contributed by atoms with Crippen molar-refractivity contribution in [1.82, 2.24) is 9.80 Å². The molecular weight excluding hydrogens is 374 g/mol. The zero-order chi connectivity index (χ0) is 14.0. The molecule has 2 N–H and O–H groups in total. The highest BCUT2D eigenvalue weighted by atomic mass is 79.9. The number of nitrogens with two attached hydrogens (primary N) is 1. The summed E-state index contributed by atoms with van der Waals surface area (Å²) in [5.74, 6) is 0.907. The van der Waals surface area contributed by atoms with Gasteiger partial charge in [0.1, 0.15) is 5.76 Å². The Labute approximate surface area is 131 Å². The molecule has 1 saturated heterocycles. The van der Waals surface area contributed by atoms with Crippen LogP contribution in [0.3, 0.4) is 0 Å². The predicted molar refractivity (Wildman–Crippen MR) is 84.2 cm³/mol. The minimum Gasteiger partial charge on any atom is -0.451 e. The Hall–Kier alpha value is 0.120. The molecule has 1 aromatic rings. The van der Waals surface area contributed by atoms with Gasteiger partial charge >= 0.3 is 0 Å². The van der Waals surface area contributed by atoms with E-state index in [9.17, 15) is 0 Å². The summed E-state index contributed by atoms with van der Waals surface area (Å²) in [6, 6.07) is 2.74. The second-order valence-corrected chi connectivity index (χ2v) is 6.81. The summed E-state index contributed by atoms with van der Waals surface area (Å²) in [6.07, 6.45) is 2.56. The lowest BCUT2D eigenvalue weighted by molar-refractivity contribution is 0.164. The summed E-state index contributed by atoms with van der Waals surface area (Å²) in [4.78, 5) is 4.72. The average Bonchev–Trinajstić information content (AvgIpc) is 2.89. The van der Waals surface area contributed by atoms with Crippen LogP contribution in [0.5, 0.6) is 0 Å². The fourth-order valence-electron chi connectivity index (χ4n) is 2.71. The van der Waals surface area contributed by atoms with Crippen LogP contribution in [-0.2, 0) is 0 Å². The maximum absolute atomic E-state index is 5.93. The molecule has 2 heterocycles. The minimum atomic E-state index is 0.122. The monoisotopic (exact) mass is 393 g/mol. The van der Waals surface area contributed by atoms with E-state index in [-0.39, 0.29) is 6.04 Å². The predicted octanol–water partition coefficient (Wildman–Crippen LogP) is 2.83. The molecule has 0 amide bonds. The van der Waals surface area contributed by atoms with Crippen LogP contribution in [0.2, 0.25) is 0 Å². The third-order valence-electron chi connectivity index (χ3n) is 3.92. The van der Waals surface area contributed by atoms with Crippen LogP contribution in [-0.4, -0.2) is 49.6 Å². The lowest BCUT2D eigenvalue weighted by atomic mass is 10.1. The number of hydrogen-bond acceptors (Lipinski definition) is 4. The van der Waals surface area contributed by atoms with Gasteiger partial charge < -0.3 is 15.1 Å². The Bertz CT molecular complexity index is 405. The summed E-state index contributed by atoms with van der Waals surface area (Å²) in [6.45, 7) is 2.78. The Kier molecular flexibility index (Phi) is 5.48. The molecule has 19 heavy (non-hydrogen) atoms. The molecule has 1 fully saturated rings. The van der Waals surface area contributed by atoms with E-state index in [2.05, 4.69) is 55.8 Å². The molecule has 2 rings (SSSR count). The number of halogens is 2. The van der Waals surface area contributed by atoms with Crippen LogP contribution >= 0.6 is 31.9 Å². The van der Waals surface area contributed by atoms with Crippen molar-refractivity contribution in [2.75, 3.05) is 33.7 Å². The molecule has 0 aromatic carbocycles. The van der Waals surface area contributed by atoms with E-state index in [0.29, 0.717) is 12.6 Å². The molecule has 4 nitrogen and oxygen atoms in total. The molecular formula is C13H21Br2N3O. The molecule has 1 aliphatic heterocycles. The van der Waals surface area contributed by atoms with Gasteiger partial charge in [-0.05, 0) is 71.4 Å². The fourth-order valence-corrected chi connectivity index (χ4v) is 3.32. The first-order valence-corrected chi connectivity index (χ1v) is 8.16. The number of likely N-dealkylation sites (N-methyl/N-ethyl adjacent to an activating group) is 2. The van der Waals surface area contributed by atoms with Crippen molar-refractivity contribution < 1.29 is 4.42 Å². The number of nitrogens with zero attached hydrogens (tertiary/aromatic N) is 2. The van der Waals surface area contributed by atoms with E-state index in [1.165, 1.54) is 19.4 Å². The smallest absolute Gasteiger partial charge is 0.183 e. The Morgan fingerprint density at radius 2 is 2.32 bits per heavy atom. The number of rotatable bonds is 5. The SMILES string of the molecule is CN1CCCC1CN(C)C(CN)c1cc(Br)c(Br)o1. The first-order chi connectivity index (χ1) is 9.02. The van der Waals surface area contributed by atoms with Crippen LogP contribution in [0.4, 0.5) is 0 Å². The Morgan fingerprint density at radius 1 is 1.58 bits per heavy atom. The fraction of sp³-hybridized carbons (Fsp3) is 0.692. The van der Waals surface area contributed by atoms with Crippen LogP contribution in [0, 0.1) is 0 Å². The molecule has 0 spiro atoms. The highest BCUT2D eigenvalue weighted by Crippen LogP contribution is 2.32. The van der Waals surface area contributed by atoms with Gasteiger partial charge in [-0.15, -0.1) is 0 Å². The summed E-state index contributed by atoms with van der Waals surface area (Å²) in [7, 11) is 4.32. The van der Waals surface area contributed by atoms with Crippen molar-refractivity contribution in [2.45, 2.75) is 24.9 Å². The van der Waals surface area contributed by atoms with Gasteiger partial charge in [-0.2, -0.15) is 0 Å². The number of furan rings is 1. The molecule has 108 valence electrons. The molecule has 1 aliphatic rings. The zero-order valence-electron chi connectivity index (χ0n) is 11.4. The largest absolute Gasteiger partial charge is 0.451 e. The molecule has 6 heteroatoms. The normalized spacial score (nSPS) is 22.3. The van der Waals surface area contributed by atoms with Crippen LogP contribution in [0.15, 0.2) is 19.6 Å². The summed E-state index contributed by atoms with van der Waals surface area (Å²) in [5.41, 5.74) is 5.93.